The topological polar surface area (TPSA) is 19.9 Å². The highest BCUT2D eigenvalue weighted by atomic mass is 19.4. The summed E-state index contributed by atoms with van der Waals surface area (Å²) in [5, 5.41) is 10.9. The summed E-state index contributed by atoms with van der Waals surface area (Å²) >= 11 is 0. The fraction of sp³-hybridized carbons (Fsp3) is 0.400. The summed E-state index contributed by atoms with van der Waals surface area (Å²) in [6.45, 7) is 1.17. The first-order chi connectivity index (χ1) is 7.16. The first-order valence-corrected chi connectivity index (χ1v) is 4.37. The summed E-state index contributed by atoms with van der Waals surface area (Å²) < 4.78 is 61.8. The lowest BCUT2D eigenvalue weighted by atomic mass is 10.0. The molecule has 0 N–H and O–H groups in total. The molecular weight excluding hydrogens is 231 g/mol. The van der Waals surface area contributed by atoms with Crippen LogP contribution in [0, 0.1) is 0 Å². The van der Waals surface area contributed by atoms with Crippen LogP contribution in [0.5, 0.6) is 0 Å². The second kappa shape index (κ2) is 4.01. The summed E-state index contributed by atoms with van der Waals surface area (Å²) in [7, 11) is 0. The van der Waals surface area contributed by atoms with Crippen LogP contribution in [0.2, 0.25) is 0 Å². The van der Waals surface area contributed by atoms with E-state index in [2.05, 4.69) is 0 Å². The zero-order valence-corrected chi connectivity index (χ0v) is 8.18. The number of hydrogen-bond acceptors (Lipinski definition) is 0. The van der Waals surface area contributed by atoms with Gasteiger partial charge in [-0.15, -0.1) is 0 Å². The Hall–Kier alpha value is -1.17. The van der Waals surface area contributed by atoms with Crippen molar-refractivity contribution in [2.24, 2.45) is 0 Å². The van der Waals surface area contributed by atoms with Crippen LogP contribution >= 0.6 is 0 Å². The molecule has 16 heavy (non-hydrogen) atoms. The van der Waals surface area contributed by atoms with Gasteiger partial charge in [-0.2, -0.15) is 22.0 Å². The van der Waals surface area contributed by atoms with E-state index in [4.69, 9.17) is 0 Å². The lowest BCUT2D eigenvalue weighted by Crippen LogP contribution is -2.33. The van der Waals surface area contributed by atoms with E-state index in [1.54, 1.807) is 0 Å². The summed E-state index contributed by atoms with van der Waals surface area (Å²) in [6, 6.07) is 3.47. The fourth-order valence-corrected chi connectivity index (χ4v) is 1.15. The minimum absolute atomic E-state index is 0.0959. The monoisotopic (exact) mass is 239 g/mol. The Balaban J connectivity index is 3.19. The highest BCUT2D eigenvalue weighted by molar-refractivity contribution is 5.29. The van der Waals surface area contributed by atoms with E-state index in [0.29, 0.717) is 12.1 Å². The molecule has 0 aromatic heterocycles. The highest BCUT2D eigenvalue weighted by Crippen LogP contribution is 2.44. The Morgan fingerprint density at radius 3 is 2.12 bits per heavy atom. The summed E-state index contributed by atoms with van der Waals surface area (Å²) in [5.74, 6) is -4.93. The molecule has 0 heterocycles. The molecule has 1 aromatic rings. The van der Waals surface area contributed by atoms with Crippen LogP contribution < -0.4 is 0 Å². The predicted molar refractivity (Wildman–Crippen MR) is 45.5 cm³/mol. The van der Waals surface area contributed by atoms with Crippen LogP contribution in [0.25, 0.3) is 0 Å². The maximum Gasteiger partial charge on any atom is 0.458 e. The maximum atomic E-state index is 12.9. The molecule has 1 rings (SSSR count). The number of alkyl halides is 5. The van der Waals surface area contributed by atoms with Gasteiger partial charge in [-0.05, 0) is 18.6 Å². The second-order valence-corrected chi connectivity index (χ2v) is 3.34. The molecule has 0 amide bonds. The van der Waals surface area contributed by atoms with E-state index in [1.165, 1.54) is 13.0 Å². The van der Waals surface area contributed by atoms with Gasteiger partial charge < -0.3 is 0 Å². The minimum Gasteiger partial charge on any atom is -0.228 e. The number of benzene rings is 1. The van der Waals surface area contributed by atoms with Crippen molar-refractivity contribution in [2.45, 2.75) is 25.1 Å². The van der Waals surface area contributed by atoms with Crippen molar-refractivity contribution < 1.29 is 27.1 Å². The molecule has 0 aliphatic rings. The molecule has 1 atom stereocenters. The zero-order valence-electron chi connectivity index (χ0n) is 8.18. The van der Waals surface area contributed by atoms with Gasteiger partial charge in [0, 0.05) is 5.56 Å². The largest absolute Gasteiger partial charge is 0.458 e. The van der Waals surface area contributed by atoms with Gasteiger partial charge in [-0.3, -0.25) is 0 Å². The van der Waals surface area contributed by atoms with E-state index in [9.17, 15) is 27.1 Å². The molecule has 0 bridgehead atoms. The number of hydrogen-bond donors (Lipinski definition) is 0. The summed E-state index contributed by atoms with van der Waals surface area (Å²) in [6.07, 6.45) is -7.00. The van der Waals surface area contributed by atoms with Gasteiger partial charge in [0.15, 0.2) is 0 Å². The van der Waals surface area contributed by atoms with Gasteiger partial charge in [0.2, 0.25) is 0 Å². The Morgan fingerprint density at radius 1 is 1.12 bits per heavy atom. The van der Waals surface area contributed by atoms with E-state index < -0.39 is 23.8 Å². The second-order valence-electron chi connectivity index (χ2n) is 3.34. The average Bonchev–Trinajstić information content (AvgIpc) is 2.16. The van der Waals surface area contributed by atoms with E-state index in [1.807, 2.05) is 0 Å². The van der Waals surface area contributed by atoms with Crippen molar-refractivity contribution in [3.63, 3.8) is 0 Å². The van der Waals surface area contributed by atoms with Crippen LogP contribution in [-0.2, 0) is 11.0 Å². The van der Waals surface area contributed by atoms with Gasteiger partial charge in [0.05, 0.1) is 0 Å². The Labute approximate surface area is 88.5 Å². The molecule has 1 nitrogen and oxygen atoms in total. The van der Waals surface area contributed by atoms with Gasteiger partial charge in [0.1, 0.15) is 6.10 Å². The minimum atomic E-state index is -5.66. The Kier molecular flexibility index (Phi) is 3.23. The lowest BCUT2D eigenvalue weighted by Gasteiger charge is -2.20. The zero-order chi connectivity index (χ0) is 12.6. The van der Waals surface area contributed by atoms with Crippen molar-refractivity contribution in [3.05, 3.63) is 35.4 Å². The molecule has 1 aromatic carbocycles. The predicted octanol–water partition coefficient (Wildman–Crippen LogP) is 3.83. The smallest absolute Gasteiger partial charge is 0.228 e. The summed E-state index contributed by atoms with van der Waals surface area (Å²) in [4.78, 5) is 0. The number of halogens is 5. The van der Waals surface area contributed by atoms with Crippen LogP contribution in [0.15, 0.2) is 24.3 Å². The van der Waals surface area contributed by atoms with E-state index >= 15 is 0 Å². The molecule has 1 unspecified atom stereocenters. The normalized spacial score (nSPS) is 14.9. The molecule has 6 heteroatoms. The van der Waals surface area contributed by atoms with Crippen molar-refractivity contribution >= 4 is 0 Å². The first-order valence-electron chi connectivity index (χ1n) is 4.37. The maximum absolute atomic E-state index is 12.9. The molecule has 0 fully saturated rings. The third-order valence-corrected chi connectivity index (χ3v) is 2.07. The molecular formula is C10H8F5O. The first kappa shape index (κ1) is 12.9. The van der Waals surface area contributed by atoms with Crippen LogP contribution in [0.4, 0.5) is 22.0 Å². The van der Waals surface area contributed by atoms with Crippen molar-refractivity contribution in [2.75, 3.05) is 0 Å². The highest BCUT2D eigenvalue weighted by Gasteiger charge is 2.58. The molecule has 1 radical (unpaired) electrons. The van der Waals surface area contributed by atoms with Crippen LogP contribution in [0.3, 0.4) is 0 Å². The van der Waals surface area contributed by atoms with E-state index in [0.717, 1.165) is 6.07 Å². The van der Waals surface area contributed by atoms with E-state index in [-0.39, 0.29) is 5.56 Å². The lowest BCUT2D eigenvalue weighted by molar-refractivity contribution is -0.289. The van der Waals surface area contributed by atoms with Gasteiger partial charge in [-0.1, -0.05) is 18.2 Å². The van der Waals surface area contributed by atoms with Crippen molar-refractivity contribution in [3.8, 4) is 0 Å². The quantitative estimate of drug-likeness (QED) is 0.699. The van der Waals surface area contributed by atoms with Gasteiger partial charge >= 0.3 is 12.1 Å². The average molecular weight is 239 g/mol. The van der Waals surface area contributed by atoms with Crippen LogP contribution in [0.1, 0.15) is 24.2 Å². The third kappa shape index (κ3) is 2.32. The van der Waals surface area contributed by atoms with Gasteiger partial charge in [0.25, 0.3) is 0 Å². The third-order valence-electron chi connectivity index (χ3n) is 2.07. The molecule has 0 aliphatic carbocycles. The Morgan fingerprint density at radius 2 is 1.69 bits per heavy atom. The molecule has 0 spiro atoms. The molecule has 0 saturated heterocycles. The molecule has 0 aliphatic heterocycles. The van der Waals surface area contributed by atoms with Crippen molar-refractivity contribution in [1.29, 1.82) is 0 Å². The summed E-state index contributed by atoms with van der Waals surface area (Å²) in [5.41, 5.74) is -1.30. The standard InChI is InChI=1S/C10H8F5O/c1-6(16)7-3-2-4-8(5-7)9(11,12)10(13,14)15/h2-6H,1H3. The van der Waals surface area contributed by atoms with Gasteiger partial charge in [-0.25, -0.2) is 5.11 Å². The molecule has 0 saturated carbocycles. The number of rotatable bonds is 2. The Bertz CT molecular complexity index is 370. The molecule has 89 valence electrons. The SMILES string of the molecule is CC([O])c1cccc(C(F)(F)C(F)(F)F)c1. The van der Waals surface area contributed by atoms with Crippen LogP contribution in [-0.4, -0.2) is 6.18 Å². The fourth-order valence-electron chi connectivity index (χ4n) is 1.15. The van der Waals surface area contributed by atoms with Crippen molar-refractivity contribution in [1.82, 2.24) is 0 Å².